The minimum atomic E-state index is -1.18. The Balaban J connectivity index is 2.12. The molecule has 5 nitrogen and oxygen atoms in total. The minimum Gasteiger partial charge on any atom is -0.427 e. The van der Waals surface area contributed by atoms with Crippen LogP contribution in [0.5, 0.6) is 0 Å². The van der Waals surface area contributed by atoms with Gasteiger partial charge in [0.15, 0.2) is 0 Å². The highest BCUT2D eigenvalue weighted by Crippen LogP contribution is 2.43. The zero-order valence-corrected chi connectivity index (χ0v) is 7.71. The Morgan fingerprint density at radius 2 is 2.36 bits per heavy atom. The first-order valence-electron chi connectivity index (χ1n) is 3.99. The van der Waals surface area contributed by atoms with E-state index < -0.39 is 12.3 Å². The van der Waals surface area contributed by atoms with Crippen LogP contribution in [0.3, 0.4) is 0 Å². The maximum absolute atomic E-state index is 11.3. The van der Waals surface area contributed by atoms with Gasteiger partial charge in [0.05, 0.1) is 5.03 Å². The molecule has 0 saturated carbocycles. The van der Waals surface area contributed by atoms with E-state index in [1.54, 1.807) is 0 Å². The van der Waals surface area contributed by atoms with Crippen molar-refractivity contribution in [3.63, 3.8) is 0 Å². The number of rotatable bonds is 0. The molecule has 1 amide bonds. The normalized spacial score (nSPS) is 29.4. The van der Waals surface area contributed by atoms with Crippen LogP contribution in [0.2, 0.25) is 0 Å². The summed E-state index contributed by atoms with van der Waals surface area (Å²) in [5.74, 6) is -0.352. The number of esters is 1. The Morgan fingerprint density at radius 1 is 1.57 bits per heavy atom. The van der Waals surface area contributed by atoms with Gasteiger partial charge in [-0.05, 0) is 0 Å². The summed E-state index contributed by atoms with van der Waals surface area (Å²) in [6.07, 6.45) is 0.284. The molecule has 0 radical (unpaired) electrons. The van der Waals surface area contributed by atoms with Crippen LogP contribution in [0.4, 0.5) is 0 Å². The van der Waals surface area contributed by atoms with Gasteiger partial charge in [-0.1, -0.05) is 0 Å². The van der Waals surface area contributed by atoms with Gasteiger partial charge in [-0.3, -0.25) is 9.69 Å². The van der Waals surface area contributed by atoms with Crippen LogP contribution < -0.4 is 0 Å². The third-order valence-electron chi connectivity index (χ3n) is 2.30. The van der Waals surface area contributed by atoms with Crippen LogP contribution >= 0.6 is 11.8 Å². The van der Waals surface area contributed by atoms with Crippen molar-refractivity contribution in [1.82, 2.24) is 4.90 Å². The average molecular weight is 211 g/mol. The van der Waals surface area contributed by atoms with Gasteiger partial charge in [0.2, 0.25) is 6.29 Å². The molecule has 0 bridgehead atoms. The Kier molecular flexibility index (Phi) is 1.38. The van der Waals surface area contributed by atoms with E-state index in [-0.39, 0.29) is 11.6 Å². The van der Waals surface area contributed by atoms with E-state index in [0.29, 0.717) is 11.3 Å². The molecule has 1 unspecified atom stereocenters. The summed E-state index contributed by atoms with van der Waals surface area (Å²) in [7, 11) is 0. The fraction of sp³-hybridized carbons (Fsp3) is 0.250. The van der Waals surface area contributed by atoms with Crippen LogP contribution in [-0.2, 0) is 14.3 Å². The molecule has 0 spiro atoms. The summed E-state index contributed by atoms with van der Waals surface area (Å²) in [5.41, 5.74) is 0.698. The first-order valence-corrected chi connectivity index (χ1v) is 4.98. The predicted molar refractivity (Wildman–Crippen MR) is 46.5 cm³/mol. The number of hydrogen-bond donors (Lipinski definition) is 1. The zero-order chi connectivity index (χ0) is 9.87. The Hall–Kier alpha value is -1.27. The molecular weight excluding hydrogens is 206 g/mol. The number of amides is 1. The van der Waals surface area contributed by atoms with Gasteiger partial charge in [0, 0.05) is 17.4 Å². The Bertz CT molecular complexity index is 425. The number of nitrogens with zero attached hydrogens (tertiary/aromatic N) is 1. The van der Waals surface area contributed by atoms with Crippen LogP contribution in [0.1, 0.15) is 0 Å². The average Bonchev–Trinajstić information content (AvgIpc) is 2.39. The summed E-state index contributed by atoms with van der Waals surface area (Å²) in [6.45, 7) is 0. The zero-order valence-electron chi connectivity index (χ0n) is 6.89. The molecule has 0 aromatic rings. The smallest absolute Gasteiger partial charge is 0.358 e. The molecule has 3 heterocycles. The highest BCUT2D eigenvalue weighted by atomic mass is 32.2. The summed E-state index contributed by atoms with van der Waals surface area (Å²) in [5, 5.41) is 10.1. The van der Waals surface area contributed by atoms with Crippen molar-refractivity contribution in [2.24, 2.45) is 0 Å². The van der Waals surface area contributed by atoms with Crippen LogP contribution in [-0.4, -0.2) is 33.9 Å². The lowest BCUT2D eigenvalue weighted by Crippen LogP contribution is -2.40. The standard InChI is InChI=1S/C8H5NO4S/c10-4-1-5-9(4)6-3(2-14-5)7(11)13-8(6)12/h1,7,11H,2H2. The molecule has 0 aromatic carbocycles. The van der Waals surface area contributed by atoms with Gasteiger partial charge in [0.1, 0.15) is 5.70 Å². The van der Waals surface area contributed by atoms with Crippen molar-refractivity contribution in [3.05, 3.63) is 22.4 Å². The monoisotopic (exact) mass is 211 g/mol. The van der Waals surface area contributed by atoms with Crippen LogP contribution in [0.15, 0.2) is 22.4 Å². The highest BCUT2D eigenvalue weighted by molar-refractivity contribution is 8.03. The first-order chi connectivity index (χ1) is 6.68. The highest BCUT2D eigenvalue weighted by Gasteiger charge is 2.46. The minimum absolute atomic E-state index is 0.207. The quantitative estimate of drug-likeness (QED) is 0.549. The van der Waals surface area contributed by atoms with Gasteiger partial charge in [0.25, 0.3) is 5.91 Å². The number of aliphatic hydroxyl groups is 1. The van der Waals surface area contributed by atoms with E-state index in [4.69, 9.17) is 0 Å². The summed E-state index contributed by atoms with van der Waals surface area (Å²) >= 11 is 1.42. The lowest BCUT2D eigenvalue weighted by atomic mass is 10.2. The van der Waals surface area contributed by atoms with Crippen molar-refractivity contribution in [1.29, 1.82) is 0 Å². The first kappa shape index (κ1) is 8.07. The Morgan fingerprint density at radius 3 is 3.07 bits per heavy atom. The van der Waals surface area contributed by atoms with E-state index in [0.717, 1.165) is 5.03 Å². The maximum atomic E-state index is 11.3. The Labute approximate surface area is 83.0 Å². The van der Waals surface area contributed by atoms with Gasteiger partial charge >= 0.3 is 5.97 Å². The fourth-order valence-electron chi connectivity index (χ4n) is 1.61. The fourth-order valence-corrected chi connectivity index (χ4v) is 2.68. The molecule has 3 aliphatic rings. The molecule has 1 N–H and O–H groups in total. The van der Waals surface area contributed by atoms with E-state index in [9.17, 15) is 14.7 Å². The topological polar surface area (TPSA) is 66.8 Å². The third kappa shape index (κ3) is 0.796. The largest absolute Gasteiger partial charge is 0.427 e. The summed E-state index contributed by atoms with van der Waals surface area (Å²) in [4.78, 5) is 23.7. The van der Waals surface area contributed by atoms with Crippen LogP contribution in [0.25, 0.3) is 0 Å². The maximum Gasteiger partial charge on any atom is 0.358 e. The lowest BCUT2D eigenvalue weighted by Gasteiger charge is -2.33. The number of carbonyl (C=O) groups is 2. The van der Waals surface area contributed by atoms with Crippen molar-refractivity contribution in [3.8, 4) is 0 Å². The summed E-state index contributed by atoms with van der Waals surface area (Å²) in [6, 6.07) is 0. The number of aliphatic hydroxyl groups excluding tert-OH is 1. The molecule has 1 atom stereocenters. The van der Waals surface area contributed by atoms with Gasteiger partial charge < -0.3 is 9.84 Å². The van der Waals surface area contributed by atoms with Crippen molar-refractivity contribution >= 4 is 23.6 Å². The van der Waals surface area contributed by atoms with Crippen LogP contribution in [0, 0.1) is 0 Å². The molecule has 3 rings (SSSR count). The van der Waals surface area contributed by atoms with Gasteiger partial charge in [-0.15, -0.1) is 11.8 Å². The van der Waals surface area contributed by atoms with Crippen molar-refractivity contribution in [2.45, 2.75) is 6.29 Å². The van der Waals surface area contributed by atoms with Gasteiger partial charge in [-0.25, -0.2) is 4.79 Å². The van der Waals surface area contributed by atoms with E-state index in [1.807, 2.05) is 0 Å². The molecule has 6 heteroatoms. The SMILES string of the molecule is O=C1OC(O)C2=C1N1C(=O)C=C1SC2. The number of fused-ring (bicyclic) bond motifs is 2. The van der Waals surface area contributed by atoms with Crippen molar-refractivity contribution in [2.75, 3.05) is 5.75 Å². The van der Waals surface area contributed by atoms with E-state index in [1.165, 1.54) is 22.7 Å². The predicted octanol–water partition coefficient (Wildman–Crippen LogP) is -0.454. The molecule has 72 valence electrons. The molecule has 0 fully saturated rings. The molecule has 0 aliphatic carbocycles. The second-order valence-corrected chi connectivity index (χ2v) is 4.07. The molecule has 0 aromatic heterocycles. The number of cyclic esters (lactones) is 1. The molecular formula is C8H5NO4S. The second-order valence-electron chi connectivity index (χ2n) is 3.08. The molecule has 14 heavy (non-hydrogen) atoms. The molecule has 0 saturated heterocycles. The number of ether oxygens (including phenoxy) is 1. The summed E-state index contributed by atoms with van der Waals surface area (Å²) < 4.78 is 4.62. The second kappa shape index (κ2) is 2.40. The number of hydrogen-bond acceptors (Lipinski definition) is 5. The third-order valence-corrected chi connectivity index (χ3v) is 3.35. The number of carbonyl (C=O) groups excluding carboxylic acids is 2. The van der Waals surface area contributed by atoms with Crippen molar-refractivity contribution < 1.29 is 19.4 Å². The van der Waals surface area contributed by atoms with E-state index >= 15 is 0 Å². The van der Waals surface area contributed by atoms with Gasteiger partial charge in [-0.2, -0.15) is 0 Å². The lowest BCUT2D eigenvalue weighted by molar-refractivity contribution is -0.153. The molecule has 3 aliphatic heterocycles. The van der Waals surface area contributed by atoms with E-state index in [2.05, 4.69) is 4.74 Å². The number of thioether (sulfide) groups is 1.